The van der Waals surface area contributed by atoms with Crippen LogP contribution in [0.25, 0.3) is 0 Å². The topological polar surface area (TPSA) is 109 Å². The maximum atomic E-state index is 13.0. The van der Waals surface area contributed by atoms with Crippen LogP contribution in [0.15, 0.2) is 60.8 Å². The molecule has 2 aromatic carbocycles. The molecule has 2 amide bonds. The first-order valence-electron chi connectivity index (χ1n) is 8.96. The molecule has 1 atom stereocenters. The van der Waals surface area contributed by atoms with E-state index in [0.717, 1.165) is 5.56 Å². The highest BCUT2D eigenvalue weighted by molar-refractivity contribution is 5.94. The molecule has 29 heavy (non-hydrogen) atoms. The Labute approximate surface area is 166 Å². The van der Waals surface area contributed by atoms with Crippen molar-refractivity contribution in [2.75, 3.05) is 0 Å². The van der Waals surface area contributed by atoms with Crippen molar-refractivity contribution in [2.45, 2.75) is 25.4 Å². The van der Waals surface area contributed by atoms with Crippen molar-refractivity contribution in [3.63, 3.8) is 0 Å². The van der Waals surface area contributed by atoms with Crippen LogP contribution < -0.4 is 10.8 Å². The van der Waals surface area contributed by atoms with E-state index in [4.69, 9.17) is 5.21 Å². The molecule has 0 spiro atoms. The third-order valence-electron chi connectivity index (χ3n) is 4.33. The number of halogens is 1. The van der Waals surface area contributed by atoms with Crippen molar-refractivity contribution < 1.29 is 19.2 Å². The zero-order valence-corrected chi connectivity index (χ0v) is 15.5. The fraction of sp³-hybridized carbons (Fsp3) is 0.200. The third kappa shape index (κ3) is 5.69. The number of hydrogen-bond donors (Lipinski definition) is 3. The Hall–Kier alpha value is -3.59. The standard InChI is InChI=1S/C20H20FN5O3/c21-16-8-6-15(7-9-16)20(28)22-12-17-13-26(25-23-17)18(11-19(27)24-29)10-14-4-2-1-3-5-14/h1-9,13,18,29H,10-12H2,(H,22,28)(H,24,27). The molecule has 0 aliphatic carbocycles. The van der Waals surface area contributed by atoms with Crippen LogP contribution in [0, 0.1) is 5.82 Å². The normalized spacial score (nSPS) is 11.7. The summed E-state index contributed by atoms with van der Waals surface area (Å²) in [7, 11) is 0. The highest BCUT2D eigenvalue weighted by Gasteiger charge is 2.18. The van der Waals surface area contributed by atoms with Gasteiger partial charge in [-0.05, 0) is 36.2 Å². The summed E-state index contributed by atoms with van der Waals surface area (Å²) in [4.78, 5) is 23.8. The quantitative estimate of drug-likeness (QED) is 0.398. The van der Waals surface area contributed by atoms with Gasteiger partial charge in [-0.25, -0.2) is 14.6 Å². The van der Waals surface area contributed by atoms with E-state index in [1.807, 2.05) is 30.3 Å². The van der Waals surface area contributed by atoms with E-state index in [-0.39, 0.29) is 24.9 Å². The van der Waals surface area contributed by atoms with Gasteiger partial charge in [0.15, 0.2) is 0 Å². The van der Waals surface area contributed by atoms with E-state index in [0.29, 0.717) is 17.7 Å². The monoisotopic (exact) mass is 397 g/mol. The molecule has 0 bridgehead atoms. The van der Waals surface area contributed by atoms with Gasteiger partial charge in [-0.1, -0.05) is 35.5 Å². The Morgan fingerprint density at radius 1 is 1.10 bits per heavy atom. The summed E-state index contributed by atoms with van der Waals surface area (Å²) in [5.74, 6) is -1.31. The maximum absolute atomic E-state index is 13.0. The highest BCUT2D eigenvalue weighted by atomic mass is 19.1. The number of rotatable bonds is 8. The molecule has 150 valence electrons. The Morgan fingerprint density at radius 2 is 1.83 bits per heavy atom. The summed E-state index contributed by atoms with van der Waals surface area (Å²) in [6.45, 7) is 0.125. The van der Waals surface area contributed by atoms with Crippen LogP contribution in [0.5, 0.6) is 0 Å². The SMILES string of the molecule is O=C(CC(Cc1ccccc1)n1cc(CNC(=O)c2ccc(F)cc2)nn1)NO. The number of amides is 2. The fourth-order valence-electron chi connectivity index (χ4n) is 2.85. The van der Waals surface area contributed by atoms with E-state index in [2.05, 4.69) is 15.6 Å². The first-order chi connectivity index (χ1) is 14.0. The number of nitrogens with zero attached hydrogens (tertiary/aromatic N) is 3. The minimum Gasteiger partial charge on any atom is -0.346 e. The van der Waals surface area contributed by atoms with Crippen molar-refractivity contribution in [1.29, 1.82) is 0 Å². The molecule has 0 aliphatic heterocycles. The van der Waals surface area contributed by atoms with Crippen molar-refractivity contribution in [1.82, 2.24) is 25.8 Å². The van der Waals surface area contributed by atoms with Crippen molar-refractivity contribution in [2.24, 2.45) is 0 Å². The van der Waals surface area contributed by atoms with Crippen molar-refractivity contribution >= 4 is 11.8 Å². The van der Waals surface area contributed by atoms with E-state index in [9.17, 15) is 14.0 Å². The number of hydrogen-bond acceptors (Lipinski definition) is 5. The number of benzene rings is 2. The van der Waals surface area contributed by atoms with Gasteiger partial charge in [0.1, 0.15) is 11.5 Å². The van der Waals surface area contributed by atoms with Gasteiger partial charge in [0, 0.05) is 5.56 Å². The largest absolute Gasteiger partial charge is 0.346 e. The van der Waals surface area contributed by atoms with Gasteiger partial charge in [0.05, 0.1) is 25.2 Å². The molecule has 0 saturated carbocycles. The molecule has 0 fully saturated rings. The summed E-state index contributed by atoms with van der Waals surface area (Å²) in [5, 5.41) is 19.7. The molecule has 3 N–H and O–H groups in total. The van der Waals surface area contributed by atoms with Gasteiger partial charge in [-0.3, -0.25) is 14.8 Å². The molecular weight excluding hydrogens is 377 g/mol. The molecule has 0 saturated heterocycles. The van der Waals surface area contributed by atoms with Crippen LogP contribution in [-0.2, 0) is 17.8 Å². The molecule has 0 aliphatic rings. The molecule has 1 unspecified atom stereocenters. The van der Waals surface area contributed by atoms with Gasteiger partial charge >= 0.3 is 0 Å². The summed E-state index contributed by atoms with van der Waals surface area (Å²) >= 11 is 0. The third-order valence-corrected chi connectivity index (χ3v) is 4.33. The summed E-state index contributed by atoms with van der Waals surface area (Å²) in [6.07, 6.45) is 2.17. The van der Waals surface area contributed by atoms with E-state index >= 15 is 0 Å². The average Bonchev–Trinajstić information content (AvgIpc) is 3.22. The number of aromatic nitrogens is 3. The second kappa shape index (κ2) is 9.56. The van der Waals surface area contributed by atoms with Crippen LogP contribution in [0.2, 0.25) is 0 Å². The summed E-state index contributed by atoms with van der Waals surface area (Å²) < 4.78 is 14.5. The minimum atomic E-state index is -0.535. The fourth-order valence-corrected chi connectivity index (χ4v) is 2.85. The maximum Gasteiger partial charge on any atom is 0.251 e. The van der Waals surface area contributed by atoms with E-state index < -0.39 is 11.7 Å². The lowest BCUT2D eigenvalue weighted by atomic mass is 10.0. The molecule has 9 heteroatoms. The first kappa shape index (κ1) is 20.2. The average molecular weight is 397 g/mol. The summed E-state index contributed by atoms with van der Waals surface area (Å²) in [5.41, 5.74) is 3.48. The second-order valence-electron chi connectivity index (χ2n) is 6.46. The van der Waals surface area contributed by atoms with Crippen LogP contribution in [0.4, 0.5) is 4.39 Å². The van der Waals surface area contributed by atoms with Gasteiger partial charge in [-0.15, -0.1) is 5.10 Å². The smallest absolute Gasteiger partial charge is 0.251 e. The second-order valence-corrected chi connectivity index (χ2v) is 6.46. The lowest BCUT2D eigenvalue weighted by Crippen LogP contribution is -2.25. The lowest BCUT2D eigenvalue weighted by molar-refractivity contribution is -0.130. The van der Waals surface area contributed by atoms with Crippen LogP contribution >= 0.6 is 0 Å². The predicted octanol–water partition coefficient (Wildman–Crippen LogP) is 2.03. The molecule has 8 nitrogen and oxygen atoms in total. The van der Waals surface area contributed by atoms with Gasteiger partial charge in [0.2, 0.25) is 5.91 Å². The van der Waals surface area contributed by atoms with Gasteiger partial charge in [0.25, 0.3) is 5.91 Å². The highest BCUT2D eigenvalue weighted by Crippen LogP contribution is 2.17. The molecule has 1 aromatic heterocycles. The number of carbonyl (C=O) groups is 2. The Kier molecular flexibility index (Phi) is 6.64. The number of nitrogens with one attached hydrogen (secondary N) is 2. The van der Waals surface area contributed by atoms with Gasteiger partial charge < -0.3 is 5.32 Å². The first-order valence-corrected chi connectivity index (χ1v) is 8.96. The zero-order chi connectivity index (χ0) is 20.6. The van der Waals surface area contributed by atoms with Gasteiger partial charge in [-0.2, -0.15) is 0 Å². The molecule has 1 heterocycles. The molecule has 3 rings (SSSR count). The van der Waals surface area contributed by atoms with Crippen molar-refractivity contribution in [3.8, 4) is 0 Å². The van der Waals surface area contributed by atoms with Crippen molar-refractivity contribution in [3.05, 3.63) is 83.4 Å². The van der Waals surface area contributed by atoms with Crippen LogP contribution in [0.3, 0.4) is 0 Å². The lowest BCUT2D eigenvalue weighted by Gasteiger charge is -2.16. The van der Waals surface area contributed by atoms with Crippen LogP contribution in [-0.4, -0.2) is 32.0 Å². The molecular formula is C20H20FN5O3. The Balaban J connectivity index is 1.66. The molecule has 3 aromatic rings. The predicted molar refractivity (Wildman–Crippen MR) is 101 cm³/mol. The molecule has 0 radical (unpaired) electrons. The zero-order valence-electron chi connectivity index (χ0n) is 15.5. The van der Waals surface area contributed by atoms with E-state index in [1.165, 1.54) is 24.3 Å². The minimum absolute atomic E-state index is 0.0101. The number of hydroxylamine groups is 1. The van der Waals surface area contributed by atoms with Crippen LogP contribution in [0.1, 0.15) is 34.1 Å². The summed E-state index contributed by atoms with van der Waals surface area (Å²) in [6, 6.07) is 14.4. The number of carbonyl (C=O) groups excluding carboxylic acids is 2. The Bertz CT molecular complexity index is 960. The Morgan fingerprint density at radius 3 is 2.52 bits per heavy atom. The van der Waals surface area contributed by atoms with E-state index in [1.54, 1.807) is 16.4 Å².